The van der Waals surface area contributed by atoms with Crippen LogP contribution in [-0.4, -0.2) is 35.8 Å². The van der Waals surface area contributed by atoms with Crippen molar-refractivity contribution in [2.45, 2.75) is 48.7 Å². The second kappa shape index (κ2) is 9.05. The van der Waals surface area contributed by atoms with Gasteiger partial charge in [-0.15, -0.1) is 0 Å². The second-order valence-corrected chi connectivity index (χ2v) is 10.8. The van der Waals surface area contributed by atoms with Crippen LogP contribution < -0.4 is 15.7 Å². The quantitative estimate of drug-likeness (QED) is 0.595. The second-order valence-electron chi connectivity index (χ2n) is 8.62. The minimum atomic E-state index is -3.69. The Balaban J connectivity index is 1.76. The number of fused-ring (bicyclic) bond motifs is 1. The summed E-state index contributed by atoms with van der Waals surface area (Å²) in [5.41, 5.74) is 1.77. The van der Waals surface area contributed by atoms with Crippen LogP contribution in [0.5, 0.6) is 5.75 Å². The zero-order chi connectivity index (χ0) is 23.8. The smallest absolute Gasteiger partial charge is 0.328 e. The van der Waals surface area contributed by atoms with Crippen LogP contribution in [0.1, 0.15) is 37.7 Å². The maximum atomic E-state index is 13.6. The van der Waals surface area contributed by atoms with Gasteiger partial charge >= 0.3 is 5.69 Å². The number of hydrogen-bond acceptors (Lipinski definition) is 5. The lowest BCUT2D eigenvalue weighted by molar-refractivity contribution is -0.115. The number of rotatable bonds is 6. The number of aryl methyl sites for hydroxylation is 2. The van der Waals surface area contributed by atoms with Crippen LogP contribution in [0.15, 0.2) is 46.1 Å². The molecule has 9 heteroatoms. The summed E-state index contributed by atoms with van der Waals surface area (Å²) in [6, 6.07) is 10.3. The van der Waals surface area contributed by atoms with Crippen LogP contribution in [0.25, 0.3) is 11.0 Å². The molecule has 1 saturated carbocycles. The Morgan fingerprint density at radius 2 is 1.73 bits per heavy atom. The number of nitrogens with one attached hydrogen (secondary N) is 1. The Morgan fingerprint density at radius 1 is 1.06 bits per heavy atom. The van der Waals surface area contributed by atoms with Gasteiger partial charge in [0.2, 0.25) is 5.91 Å². The largest absolute Gasteiger partial charge is 0.497 e. The molecule has 176 valence electrons. The SMILES string of the molecule is COc1cccc(CC(=O)Nc2cc3c(cc2S(=O)(=O)C2CCCCC2)n(C)c(=O)n3C)c1. The van der Waals surface area contributed by atoms with Crippen molar-refractivity contribution in [3.05, 3.63) is 52.4 Å². The highest BCUT2D eigenvalue weighted by Gasteiger charge is 2.32. The van der Waals surface area contributed by atoms with Gasteiger partial charge in [0.15, 0.2) is 9.84 Å². The molecule has 1 amide bonds. The number of anilines is 1. The summed E-state index contributed by atoms with van der Waals surface area (Å²) in [6.45, 7) is 0. The number of imidazole rings is 1. The number of nitrogens with zero attached hydrogens (tertiary/aromatic N) is 2. The van der Waals surface area contributed by atoms with Gasteiger partial charge in [-0.3, -0.25) is 13.9 Å². The first-order valence-electron chi connectivity index (χ1n) is 11.1. The number of hydrogen-bond donors (Lipinski definition) is 1. The van der Waals surface area contributed by atoms with Crippen molar-refractivity contribution < 1.29 is 17.9 Å². The molecule has 0 radical (unpaired) electrons. The lowest BCUT2D eigenvalue weighted by Crippen LogP contribution is -2.26. The third kappa shape index (κ3) is 4.42. The molecule has 0 atom stereocenters. The Morgan fingerprint density at radius 3 is 2.39 bits per heavy atom. The maximum absolute atomic E-state index is 13.6. The Labute approximate surface area is 193 Å². The van der Waals surface area contributed by atoms with E-state index < -0.39 is 15.1 Å². The highest BCUT2D eigenvalue weighted by atomic mass is 32.2. The van der Waals surface area contributed by atoms with Crippen LogP contribution in [0.2, 0.25) is 0 Å². The van der Waals surface area contributed by atoms with Gasteiger partial charge in [-0.05, 0) is 42.7 Å². The van der Waals surface area contributed by atoms with Gasteiger partial charge in [0.25, 0.3) is 0 Å². The van der Waals surface area contributed by atoms with E-state index in [4.69, 9.17) is 4.74 Å². The predicted octanol–water partition coefficient (Wildman–Crippen LogP) is 3.17. The van der Waals surface area contributed by atoms with Gasteiger partial charge in [-0.2, -0.15) is 0 Å². The van der Waals surface area contributed by atoms with E-state index in [0.29, 0.717) is 29.6 Å². The van der Waals surface area contributed by atoms with Crippen molar-refractivity contribution in [1.29, 1.82) is 0 Å². The van der Waals surface area contributed by atoms with Gasteiger partial charge in [0.1, 0.15) is 5.75 Å². The third-order valence-electron chi connectivity index (χ3n) is 6.44. The third-order valence-corrected chi connectivity index (χ3v) is 8.74. The molecular weight excluding hydrogens is 442 g/mol. The molecule has 33 heavy (non-hydrogen) atoms. The summed E-state index contributed by atoms with van der Waals surface area (Å²) in [7, 11) is 1.10. The number of aromatic nitrogens is 2. The highest BCUT2D eigenvalue weighted by molar-refractivity contribution is 7.92. The lowest BCUT2D eigenvalue weighted by atomic mass is 10.0. The van der Waals surface area contributed by atoms with E-state index in [2.05, 4.69) is 5.32 Å². The molecule has 8 nitrogen and oxygen atoms in total. The fourth-order valence-corrected chi connectivity index (χ4v) is 6.58. The molecule has 1 fully saturated rings. The van der Waals surface area contributed by atoms with E-state index >= 15 is 0 Å². The van der Waals surface area contributed by atoms with Crippen LogP contribution in [0.4, 0.5) is 5.69 Å². The molecule has 1 N–H and O–H groups in total. The van der Waals surface area contributed by atoms with Crippen molar-refractivity contribution in [3.63, 3.8) is 0 Å². The van der Waals surface area contributed by atoms with Crippen LogP contribution in [0, 0.1) is 0 Å². The number of ether oxygens (including phenoxy) is 1. The molecule has 2 aromatic carbocycles. The van der Waals surface area contributed by atoms with E-state index in [1.165, 1.54) is 15.2 Å². The summed E-state index contributed by atoms with van der Waals surface area (Å²) < 4.78 is 35.3. The Bertz CT molecular complexity index is 1360. The van der Waals surface area contributed by atoms with Crippen LogP contribution >= 0.6 is 0 Å². The first kappa shape index (κ1) is 23.1. The number of carbonyl (C=O) groups excluding carboxylic acids is 1. The molecule has 0 saturated heterocycles. The van der Waals surface area contributed by atoms with Crippen LogP contribution in [0.3, 0.4) is 0 Å². The van der Waals surface area contributed by atoms with Crippen molar-refractivity contribution in [1.82, 2.24) is 9.13 Å². The van der Waals surface area contributed by atoms with Crippen LogP contribution in [-0.2, 0) is 35.1 Å². The van der Waals surface area contributed by atoms with Gasteiger partial charge in [-0.25, -0.2) is 13.2 Å². The molecule has 0 unspecified atom stereocenters. The fraction of sp³-hybridized carbons (Fsp3) is 0.417. The van der Waals surface area contributed by atoms with Crippen molar-refractivity contribution in [2.24, 2.45) is 14.1 Å². The molecule has 3 aromatic rings. The molecule has 1 aliphatic carbocycles. The predicted molar refractivity (Wildman–Crippen MR) is 128 cm³/mol. The summed E-state index contributed by atoms with van der Waals surface area (Å²) >= 11 is 0. The summed E-state index contributed by atoms with van der Waals surface area (Å²) in [5.74, 6) is 0.296. The average Bonchev–Trinajstić information content (AvgIpc) is 3.02. The van der Waals surface area contributed by atoms with Gasteiger partial charge in [0, 0.05) is 14.1 Å². The molecule has 1 aliphatic rings. The maximum Gasteiger partial charge on any atom is 0.328 e. The van der Waals surface area contributed by atoms with E-state index in [9.17, 15) is 18.0 Å². The van der Waals surface area contributed by atoms with Gasteiger partial charge in [0.05, 0.1) is 40.4 Å². The normalized spacial score (nSPS) is 15.0. The molecule has 4 rings (SSSR count). The van der Waals surface area contributed by atoms with E-state index in [0.717, 1.165) is 24.8 Å². The lowest BCUT2D eigenvalue weighted by Gasteiger charge is -2.23. The number of amides is 1. The monoisotopic (exact) mass is 471 g/mol. The number of methoxy groups -OCH3 is 1. The minimum absolute atomic E-state index is 0.0614. The van der Waals surface area contributed by atoms with Gasteiger partial charge < -0.3 is 10.1 Å². The van der Waals surface area contributed by atoms with Crippen molar-refractivity contribution in [3.8, 4) is 5.75 Å². The molecule has 1 heterocycles. The number of carbonyl (C=O) groups is 1. The first-order chi connectivity index (χ1) is 15.7. The number of sulfone groups is 1. The van der Waals surface area contributed by atoms with Crippen molar-refractivity contribution >= 4 is 32.5 Å². The standard InChI is InChI=1S/C24H29N3O5S/c1-26-20-14-19(25-23(28)13-16-8-7-9-17(12-16)32-3)22(15-21(20)27(2)24(26)29)33(30,31)18-10-5-4-6-11-18/h7-9,12,14-15,18H,4-6,10-11,13H2,1-3H3,(H,25,28). The number of benzene rings is 2. The fourth-order valence-electron chi connectivity index (χ4n) is 4.58. The van der Waals surface area contributed by atoms with Crippen molar-refractivity contribution in [2.75, 3.05) is 12.4 Å². The molecule has 1 aromatic heterocycles. The highest BCUT2D eigenvalue weighted by Crippen LogP contribution is 2.34. The zero-order valence-corrected chi connectivity index (χ0v) is 19.9. The van der Waals surface area contributed by atoms with Gasteiger partial charge in [-0.1, -0.05) is 31.4 Å². The first-order valence-corrected chi connectivity index (χ1v) is 12.6. The van der Waals surface area contributed by atoms with E-state index in [1.54, 1.807) is 45.5 Å². The van der Waals surface area contributed by atoms with E-state index in [-0.39, 0.29) is 28.6 Å². The molecular formula is C24H29N3O5S. The topological polar surface area (TPSA) is 99.4 Å². The summed E-state index contributed by atoms with van der Waals surface area (Å²) in [6.07, 6.45) is 4.03. The molecule has 0 bridgehead atoms. The minimum Gasteiger partial charge on any atom is -0.497 e. The molecule has 0 spiro atoms. The Hall–Kier alpha value is -3.07. The Kier molecular flexibility index (Phi) is 6.34. The zero-order valence-electron chi connectivity index (χ0n) is 19.1. The van der Waals surface area contributed by atoms with E-state index in [1.807, 2.05) is 6.07 Å². The summed E-state index contributed by atoms with van der Waals surface area (Å²) in [5, 5.41) is 2.32. The summed E-state index contributed by atoms with van der Waals surface area (Å²) in [4.78, 5) is 25.4. The average molecular weight is 472 g/mol. The molecule has 0 aliphatic heterocycles.